The van der Waals surface area contributed by atoms with Gasteiger partial charge in [-0.1, -0.05) is 48.2 Å². The largest absolute Gasteiger partial charge is 0.497 e. The second-order valence-electron chi connectivity index (χ2n) is 8.15. The molecule has 2 aromatic heterocycles. The minimum absolute atomic E-state index is 0.158. The van der Waals surface area contributed by atoms with Crippen molar-refractivity contribution in [1.82, 2.24) is 14.8 Å². The number of hydrogen-bond acceptors (Lipinski definition) is 7. The summed E-state index contributed by atoms with van der Waals surface area (Å²) < 4.78 is 7.15. The van der Waals surface area contributed by atoms with E-state index < -0.39 is 0 Å². The molecule has 4 aromatic rings. The molecule has 0 unspecified atom stereocenters. The van der Waals surface area contributed by atoms with E-state index in [-0.39, 0.29) is 11.9 Å². The lowest BCUT2D eigenvalue weighted by Crippen LogP contribution is -2.31. The van der Waals surface area contributed by atoms with Gasteiger partial charge in [0.2, 0.25) is 11.1 Å². The van der Waals surface area contributed by atoms with Crippen LogP contribution in [0.5, 0.6) is 5.75 Å². The molecule has 2 N–H and O–H groups in total. The van der Waals surface area contributed by atoms with Gasteiger partial charge in [-0.2, -0.15) is 4.98 Å². The number of nitrogens with zero attached hydrogens (tertiary/aromatic N) is 3. The fourth-order valence-corrected chi connectivity index (χ4v) is 5.60. The van der Waals surface area contributed by atoms with Crippen LogP contribution in [0, 0.1) is 6.92 Å². The Labute approximate surface area is 212 Å². The van der Waals surface area contributed by atoms with Crippen molar-refractivity contribution < 1.29 is 9.53 Å². The first-order valence-corrected chi connectivity index (χ1v) is 13.0. The van der Waals surface area contributed by atoms with E-state index in [1.54, 1.807) is 30.2 Å². The first-order chi connectivity index (χ1) is 17.0. The Morgan fingerprint density at radius 2 is 2.03 bits per heavy atom. The lowest BCUT2D eigenvalue weighted by Gasteiger charge is -2.27. The summed E-state index contributed by atoms with van der Waals surface area (Å²) in [5.41, 5.74) is 4.31. The van der Waals surface area contributed by atoms with E-state index in [0.717, 1.165) is 33.1 Å². The van der Waals surface area contributed by atoms with Crippen molar-refractivity contribution in [3.63, 3.8) is 0 Å². The van der Waals surface area contributed by atoms with Gasteiger partial charge in [0.25, 0.3) is 5.91 Å². The number of hydrogen-bond donors (Lipinski definition) is 2. The zero-order chi connectivity index (χ0) is 24.4. The Kier molecular flexibility index (Phi) is 6.61. The highest BCUT2D eigenvalue weighted by atomic mass is 32.2. The third-order valence-electron chi connectivity index (χ3n) is 5.79. The van der Waals surface area contributed by atoms with Gasteiger partial charge in [-0.05, 0) is 54.6 Å². The number of amides is 1. The van der Waals surface area contributed by atoms with Gasteiger partial charge >= 0.3 is 0 Å². The predicted octanol–water partition coefficient (Wildman–Crippen LogP) is 5.88. The number of anilines is 2. The van der Waals surface area contributed by atoms with Crippen molar-refractivity contribution in [2.45, 2.75) is 30.8 Å². The van der Waals surface area contributed by atoms with Gasteiger partial charge in [-0.25, -0.2) is 4.68 Å². The summed E-state index contributed by atoms with van der Waals surface area (Å²) >= 11 is 3.14. The number of fused-ring (bicyclic) bond motifs is 1. The second-order valence-corrected chi connectivity index (χ2v) is 10.1. The molecule has 1 atom stereocenters. The first-order valence-electron chi connectivity index (χ1n) is 11.1. The molecule has 3 heterocycles. The lowest BCUT2D eigenvalue weighted by molar-refractivity contribution is -0.113. The average Bonchev–Trinajstić information content (AvgIpc) is 3.53. The van der Waals surface area contributed by atoms with Crippen LogP contribution < -0.4 is 15.4 Å². The first kappa shape index (κ1) is 23.2. The monoisotopic (exact) mass is 503 g/mol. The molecule has 7 nitrogen and oxygen atoms in total. The van der Waals surface area contributed by atoms with E-state index in [2.05, 4.69) is 16.7 Å². The number of benzene rings is 2. The maximum absolute atomic E-state index is 13.5. The molecule has 9 heteroatoms. The van der Waals surface area contributed by atoms with Crippen molar-refractivity contribution in [3.05, 3.63) is 93.3 Å². The standard InChI is InChI=1S/C26H25N5O2S2/c1-16-8-4-5-11-20(16)28-24(32)22-17(2)27-25-29-26(30-31(25)23(22)21-12-7-13-34-21)35-15-18-9-6-10-19(14-18)33-3/h4-14,23H,15H2,1-3H3,(H,28,32)(H,27,29,30)/t23-/m0/s1. The molecule has 2 aromatic carbocycles. The number of ether oxygens (including phenoxy) is 1. The van der Waals surface area contributed by atoms with Gasteiger partial charge in [0, 0.05) is 22.0 Å². The molecule has 0 aliphatic carbocycles. The third-order valence-corrected chi connectivity index (χ3v) is 7.62. The number of aryl methyl sites for hydroxylation is 1. The van der Waals surface area contributed by atoms with Crippen LogP contribution in [-0.2, 0) is 10.5 Å². The SMILES string of the molecule is COc1cccc(CSc2nc3n(n2)[C@@H](c2cccs2)C(C(=O)Nc2ccccc2C)=C(C)N3)c1. The summed E-state index contributed by atoms with van der Waals surface area (Å²) in [6.07, 6.45) is 0. The number of rotatable bonds is 7. The van der Waals surface area contributed by atoms with E-state index >= 15 is 0 Å². The number of nitrogens with one attached hydrogen (secondary N) is 2. The Morgan fingerprint density at radius 3 is 2.80 bits per heavy atom. The van der Waals surface area contributed by atoms with E-state index in [4.69, 9.17) is 14.8 Å². The van der Waals surface area contributed by atoms with Crippen LogP contribution in [0.1, 0.15) is 29.0 Å². The number of aromatic nitrogens is 3. The van der Waals surface area contributed by atoms with E-state index in [1.165, 1.54) is 0 Å². The number of thioether (sulfide) groups is 1. The summed E-state index contributed by atoms with van der Waals surface area (Å²) in [6, 6.07) is 19.4. The Bertz CT molecular complexity index is 1390. The van der Waals surface area contributed by atoms with Gasteiger partial charge in [0.15, 0.2) is 0 Å². The normalized spacial score (nSPS) is 14.9. The molecule has 1 amide bonds. The predicted molar refractivity (Wildman–Crippen MR) is 141 cm³/mol. The molecule has 0 bridgehead atoms. The Balaban J connectivity index is 1.44. The van der Waals surface area contributed by atoms with Crippen LogP contribution in [0.25, 0.3) is 0 Å². The zero-order valence-corrected chi connectivity index (χ0v) is 21.2. The summed E-state index contributed by atoms with van der Waals surface area (Å²) in [7, 11) is 1.66. The zero-order valence-electron chi connectivity index (χ0n) is 19.6. The topological polar surface area (TPSA) is 81.1 Å². The second kappa shape index (κ2) is 9.97. The van der Waals surface area contributed by atoms with Crippen molar-refractivity contribution in [3.8, 4) is 5.75 Å². The van der Waals surface area contributed by atoms with Crippen LogP contribution >= 0.6 is 23.1 Å². The number of para-hydroxylation sites is 1. The number of thiophene rings is 1. The molecule has 5 rings (SSSR count). The van der Waals surface area contributed by atoms with Gasteiger partial charge < -0.3 is 15.4 Å². The van der Waals surface area contributed by atoms with Crippen LogP contribution in [-0.4, -0.2) is 27.8 Å². The average molecular weight is 504 g/mol. The molecule has 1 aliphatic heterocycles. The van der Waals surface area contributed by atoms with Crippen LogP contribution in [0.2, 0.25) is 0 Å². The van der Waals surface area contributed by atoms with E-state index in [9.17, 15) is 4.79 Å². The van der Waals surface area contributed by atoms with Gasteiger partial charge in [0.1, 0.15) is 11.8 Å². The van der Waals surface area contributed by atoms with Crippen LogP contribution in [0.4, 0.5) is 11.6 Å². The highest BCUT2D eigenvalue weighted by molar-refractivity contribution is 7.98. The number of allylic oxidation sites excluding steroid dienone is 1. The summed E-state index contributed by atoms with van der Waals surface area (Å²) in [5, 5.41) is 13.8. The number of methoxy groups -OCH3 is 1. The molecule has 0 saturated carbocycles. The highest BCUT2D eigenvalue weighted by Gasteiger charge is 2.35. The maximum atomic E-state index is 13.5. The van der Waals surface area contributed by atoms with Crippen molar-refractivity contribution in [2.75, 3.05) is 17.7 Å². The quantitative estimate of drug-likeness (QED) is 0.307. The molecule has 35 heavy (non-hydrogen) atoms. The molecule has 0 saturated heterocycles. The molecular formula is C26H25N5O2S2. The summed E-state index contributed by atoms with van der Waals surface area (Å²) in [5.74, 6) is 2.00. The maximum Gasteiger partial charge on any atom is 0.255 e. The van der Waals surface area contributed by atoms with Gasteiger partial charge in [0.05, 0.1) is 12.7 Å². The fourth-order valence-electron chi connectivity index (χ4n) is 4.01. The summed E-state index contributed by atoms with van der Waals surface area (Å²) in [6.45, 7) is 3.89. The van der Waals surface area contributed by atoms with Crippen LogP contribution in [0.3, 0.4) is 0 Å². The van der Waals surface area contributed by atoms with E-state index in [1.807, 2.05) is 78.5 Å². The molecule has 0 fully saturated rings. The molecule has 0 radical (unpaired) electrons. The summed E-state index contributed by atoms with van der Waals surface area (Å²) in [4.78, 5) is 19.3. The van der Waals surface area contributed by atoms with E-state index in [0.29, 0.717) is 22.4 Å². The highest BCUT2D eigenvalue weighted by Crippen LogP contribution is 2.38. The lowest BCUT2D eigenvalue weighted by atomic mass is 10.0. The number of carbonyl (C=O) groups is 1. The molecule has 1 aliphatic rings. The smallest absolute Gasteiger partial charge is 0.255 e. The van der Waals surface area contributed by atoms with Crippen molar-refractivity contribution in [2.24, 2.45) is 0 Å². The van der Waals surface area contributed by atoms with Crippen molar-refractivity contribution in [1.29, 1.82) is 0 Å². The molecular weight excluding hydrogens is 478 g/mol. The molecule has 178 valence electrons. The third kappa shape index (κ3) is 4.82. The van der Waals surface area contributed by atoms with Gasteiger partial charge in [-0.15, -0.1) is 16.4 Å². The van der Waals surface area contributed by atoms with Crippen LogP contribution in [0.15, 0.2) is 82.5 Å². The molecule has 0 spiro atoms. The minimum Gasteiger partial charge on any atom is -0.497 e. The number of carbonyl (C=O) groups excluding carboxylic acids is 1. The minimum atomic E-state index is -0.367. The Morgan fingerprint density at radius 1 is 1.17 bits per heavy atom. The van der Waals surface area contributed by atoms with Crippen molar-refractivity contribution >= 4 is 40.6 Å². The fraction of sp³-hybridized carbons (Fsp3) is 0.192. The van der Waals surface area contributed by atoms with Gasteiger partial charge in [-0.3, -0.25) is 4.79 Å². The Hall–Kier alpha value is -3.56.